The fourth-order valence-electron chi connectivity index (χ4n) is 2.84. The van der Waals surface area contributed by atoms with Crippen molar-refractivity contribution in [3.05, 3.63) is 90.1 Å². The summed E-state index contributed by atoms with van der Waals surface area (Å²) in [6, 6.07) is 19.2. The Morgan fingerprint density at radius 1 is 1.08 bits per heavy atom. The van der Waals surface area contributed by atoms with Gasteiger partial charge in [-0.25, -0.2) is 4.98 Å². The Kier molecular flexibility index (Phi) is 4.04. The van der Waals surface area contributed by atoms with Crippen LogP contribution in [0.15, 0.2) is 77.6 Å². The van der Waals surface area contributed by atoms with Gasteiger partial charge in [0.15, 0.2) is 0 Å². The van der Waals surface area contributed by atoms with Crippen LogP contribution in [0.1, 0.15) is 27.8 Å². The zero-order valence-corrected chi connectivity index (χ0v) is 13.5. The summed E-state index contributed by atoms with van der Waals surface area (Å²) in [6.45, 7) is 0. The highest BCUT2D eigenvalue weighted by Crippen LogP contribution is 2.20. The van der Waals surface area contributed by atoms with Crippen molar-refractivity contribution in [1.29, 1.82) is 0 Å². The molecule has 0 fully saturated rings. The Balaban J connectivity index is 1.66. The van der Waals surface area contributed by atoms with Gasteiger partial charge in [0.2, 0.25) is 0 Å². The van der Waals surface area contributed by atoms with Crippen LogP contribution in [0.2, 0.25) is 0 Å². The molecule has 124 valence electrons. The van der Waals surface area contributed by atoms with E-state index >= 15 is 0 Å². The molecule has 0 unspecified atom stereocenters. The van der Waals surface area contributed by atoms with Crippen LogP contribution in [0.4, 0.5) is 0 Å². The van der Waals surface area contributed by atoms with Gasteiger partial charge >= 0.3 is 0 Å². The van der Waals surface area contributed by atoms with E-state index in [-0.39, 0.29) is 11.9 Å². The summed E-state index contributed by atoms with van der Waals surface area (Å²) in [6.07, 6.45) is 3.57. The highest BCUT2D eigenvalue weighted by molar-refractivity contribution is 5.94. The Bertz CT molecular complexity index is 942. The Morgan fingerprint density at radius 2 is 1.88 bits per heavy atom. The number of hydrogen-bond acceptors (Lipinski definition) is 3. The van der Waals surface area contributed by atoms with Gasteiger partial charge in [-0.1, -0.05) is 42.5 Å². The topological polar surface area (TPSA) is 70.9 Å². The predicted octanol–water partition coefficient (Wildman–Crippen LogP) is 3.87. The zero-order chi connectivity index (χ0) is 17.1. The molecule has 0 saturated carbocycles. The predicted molar refractivity (Wildman–Crippen MR) is 95.2 cm³/mol. The molecule has 2 N–H and O–H groups in total. The largest absolute Gasteiger partial charge is 0.472 e. The van der Waals surface area contributed by atoms with Gasteiger partial charge in [0.1, 0.15) is 12.1 Å². The number of carbonyl (C=O) groups is 1. The summed E-state index contributed by atoms with van der Waals surface area (Å²) in [5.41, 5.74) is 3.45. The van der Waals surface area contributed by atoms with Gasteiger partial charge in [-0.15, -0.1) is 0 Å². The van der Waals surface area contributed by atoms with Crippen molar-refractivity contribution >= 4 is 16.9 Å². The minimum atomic E-state index is -0.266. The van der Waals surface area contributed by atoms with E-state index in [0.717, 1.165) is 22.4 Å². The van der Waals surface area contributed by atoms with Gasteiger partial charge in [0, 0.05) is 0 Å². The molecule has 0 spiro atoms. The number of H-pyrrole nitrogens is 1. The van der Waals surface area contributed by atoms with Gasteiger partial charge < -0.3 is 14.7 Å². The maximum atomic E-state index is 12.5. The number of rotatable bonds is 5. The van der Waals surface area contributed by atoms with Crippen molar-refractivity contribution in [2.45, 2.75) is 12.5 Å². The lowest BCUT2D eigenvalue weighted by molar-refractivity contribution is 0.0934. The second-order valence-electron chi connectivity index (χ2n) is 5.87. The van der Waals surface area contributed by atoms with E-state index in [2.05, 4.69) is 15.3 Å². The molecule has 2 aromatic heterocycles. The molecule has 2 aromatic carbocycles. The second kappa shape index (κ2) is 6.65. The van der Waals surface area contributed by atoms with E-state index in [0.29, 0.717) is 12.0 Å². The zero-order valence-electron chi connectivity index (χ0n) is 13.5. The second-order valence-corrected chi connectivity index (χ2v) is 5.87. The number of aromatic nitrogens is 2. The molecular weight excluding hydrogens is 314 g/mol. The summed E-state index contributed by atoms with van der Waals surface area (Å²) < 4.78 is 5.00. The average Bonchev–Trinajstić information content (AvgIpc) is 3.31. The molecule has 25 heavy (non-hydrogen) atoms. The van der Waals surface area contributed by atoms with Gasteiger partial charge in [0.25, 0.3) is 5.91 Å². The molecular formula is C20H17N3O2. The van der Waals surface area contributed by atoms with Crippen LogP contribution in [0.5, 0.6) is 0 Å². The van der Waals surface area contributed by atoms with Crippen molar-refractivity contribution in [3.8, 4) is 0 Å². The monoisotopic (exact) mass is 331 g/mol. The first kappa shape index (κ1) is 15.2. The lowest BCUT2D eigenvalue weighted by Gasteiger charge is -2.16. The molecule has 1 atom stereocenters. The number of furan rings is 1. The standard InChI is InChI=1S/C20H17N3O2/c24-20(15-10-11-25-13-15)23-18(12-14-6-2-1-3-7-14)19-21-16-8-4-5-9-17(16)22-19/h1-11,13,18H,12H2,(H,21,22)(H,23,24)/t18-/m0/s1. The fraction of sp³-hybridized carbons (Fsp3) is 0.100. The molecule has 0 saturated heterocycles. The highest BCUT2D eigenvalue weighted by atomic mass is 16.3. The van der Waals surface area contributed by atoms with E-state index in [1.165, 1.54) is 12.5 Å². The van der Waals surface area contributed by atoms with E-state index in [1.54, 1.807) is 6.07 Å². The quantitative estimate of drug-likeness (QED) is 0.583. The molecule has 4 aromatic rings. The first-order chi connectivity index (χ1) is 12.3. The number of imidazole rings is 1. The number of aromatic amines is 1. The van der Waals surface area contributed by atoms with Crippen LogP contribution >= 0.6 is 0 Å². The Hall–Kier alpha value is -3.34. The number of amides is 1. The summed E-state index contributed by atoms with van der Waals surface area (Å²) in [7, 11) is 0. The normalized spacial score (nSPS) is 12.2. The van der Waals surface area contributed by atoms with Crippen LogP contribution in [0, 0.1) is 0 Å². The molecule has 0 aliphatic heterocycles. The molecule has 4 rings (SSSR count). The van der Waals surface area contributed by atoms with Crippen molar-refractivity contribution in [2.75, 3.05) is 0 Å². The number of nitrogens with zero attached hydrogens (tertiary/aromatic N) is 1. The highest BCUT2D eigenvalue weighted by Gasteiger charge is 2.20. The molecule has 5 heteroatoms. The van der Waals surface area contributed by atoms with E-state index in [1.807, 2.05) is 54.6 Å². The third kappa shape index (κ3) is 3.30. The SMILES string of the molecule is O=C(N[C@@H](Cc1ccccc1)c1nc2ccccc2[nH]1)c1ccoc1. The number of nitrogens with one attached hydrogen (secondary N) is 2. The number of fused-ring (bicyclic) bond motifs is 1. The van der Waals surface area contributed by atoms with E-state index < -0.39 is 0 Å². The Labute approximate surface area is 144 Å². The molecule has 0 aliphatic carbocycles. The van der Waals surface area contributed by atoms with Crippen molar-refractivity contribution in [2.24, 2.45) is 0 Å². The van der Waals surface area contributed by atoms with Crippen LogP contribution in [0.25, 0.3) is 11.0 Å². The third-order valence-corrected chi connectivity index (χ3v) is 4.11. The van der Waals surface area contributed by atoms with Crippen LogP contribution in [-0.2, 0) is 6.42 Å². The maximum Gasteiger partial charge on any atom is 0.255 e. The van der Waals surface area contributed by atoms with Crippen LogP contribution in [0.3, 0.4) is 0 Å². The van der Waals surface area contributed by atoms with Crippen LogP contribution < -0.4 is 5.32 Å². The smallest absolute Gasteiger partial charge is 0.255 e. The molecule has 5 nitrogen and oxygen atoms in total. The minimum Gasteiger partial charge on any atom is -0.472 e. The summed E-state index contributed by atoms with van der Waals surface area (Å²) in [5.74, 6) is 0.553. The summed E-state index contributed by atoms with van der Waals surface area (Å²) in [4.78, 5) is 20.4. The third-order valence-electron chi connectivity index (χ3n) is 4.11. The lowest BCUT2D eigenvalue weighted by atomic mass is 10.1. The summed E-state index contributed by atoms with van der Waals surface area (Å²) >= 11 is 0. The van der Waals surface area contributed by atoms with Crippen molar-refractivity contribution in [1.82, 2.24) is 15.3 Å². The van der Waals surface area contributed by atoms with Gasteiger partial charge in [0.05, 0.1) is 28.9 Å². The maximum absolute atomic E-state index is 12.5. The van der Waals surface area contributed by atoms with E-state index in [9.17, 15) is 4.79 Å². The number of para-hydroxylation sites is 2. The van der Waals surface area contributed by atoms with Crippen LogP contribution in [-0.4, -0.2) is 15.9 Å². The minimum absolute atomic E-state index is 0.185. The number of hydrogen-bond donors (Lipinski definition) is 2. The van der Waals surface area contributed by atoms with Gasteiger partial charge in [-0.05, 0) is 30.2 Å². The summed E-state index contributed by atoms with van der Waals surface area (Å²) in [5, 5.41) is 3.05. The van der Waals surface area contributed by atoms with Crippen molar-refractivity contribution < 1.29 is 9.21 Å². The lowest BCUT2D eigenvalue weighted by Crippen LogP contribution is -2.30. The first-order valence-electron chi connectivity index (χ1n) is 8.11. The molecule has 2 heterocycles. The number of carbonyl (C=O) groups excluding carboxylic acids is 1. The number of benzene rings is 2. The molecule has 0 bridgehead atoms. The molecule has 0 aliphatic rings. The average molecular weight is 331 g/mol. The van der Waals surface area contributed by atoms with E-state index in [4.69, 9.17) is 4.42 Å². The fourth-order valence-corrected chi connectivity index (χ4v) is 2.84. The van der Waals surface area contributed by atoms with Gasteiger partial charge in [-0.3, -0.25) is 4.79 Å². The Morgan fingerprint density at radius 3 is 2.64 bits per heavy atom. The first-order valence-corrected chi connectivity index (χ1v) is 8.11. The van der Waals surface area contributed by atoms with Crippen molar-refractivity contribution in [3.63, 3.8) is 0 Å². The van der Waals surface area contributed by atoms with Gasteiger partial charge in [-0.2, -0.15) is 0 Å². The molecule has 0 radical (unpaired) electrons. The molecule has 1 amide bonds.